The van der Waals surface area contributed by atoms with Crippen molar-refractivity contribution in [3.63, 3.8) is 0 Å². The van der Waals surface area contributed by atoms with E-state index in [0.717, 1.165) is 15.5 Å². The normalized spacial score (nSPS) is 10.3. The fraction of sp³-hybridized carbons (Fsp3) is 0.200. The number of nitrogens with two attached hydrogens (primary N) is 1. The van der Waals surface area contributed by atoms with Crippen molar-refractivity contribution in [1.82, 2.24) is 0 Å². The van der Waals surface area contributed by atoms with E-state index >= 15 is 0 Å². The zero-order valence-corrected chi connectivity index (χ0v) is 12.2. The van der Waals surface area contributed by atoms with Gasteiger partial charge in [0, 0.05) is 21.5 Å². The fourth-order valence-electron chi connectivity index (χ4n) is 1.68. The Bertz CT molecular complexity index is 587. The molecule has 2 rings (SSSR count). The number of hydrogen-bond donors (Lipinski definition) is 1. The molecule has 0 aliphatic carbocycles. The fourth-order valence-corrected chi connectivity index (χ4v) is 2.54. The van der Waals surface area contributed by atoms with Gasteiger partial charge in [-0.3, -0.25) is 0 Å². The van der Waals surface area contributed by atoms with Crippen LogP contribution in [0.2, 0.25) is 0 Å². The monoisotopic (exact) mass is 293 g/mol. The first-order chi connectivity index (χ1) is 9.63. The summed E-state index contributed by atoms with van der Waals surface area (Å²) in [7, 11) is 1.62. The van der Waals surface area contributed by atoms with Crippen LogP contribution < -0.4 is 15.2 Å². The molecule has 2 N–H and O–H groups in total. The second kappa shape index (κ2) is 6.52. The van der Waals surface area contributed by atoms with E-state index in [1.807, 2.05) is 31.2 Å². The van der Waals surface area contributed by atoms with E-state index in [1.165, 1.54) is 17.8 Å². The van der Waals surface area contributed by atoms with Crippen molar-refractivity contribution >= 4 is 17.4 Å². The van der Waals surface area contributed by atoms with Crippen LogP contribution in [0, 0.1) is 5.82 Å². The second-order valence-corrected chi connectivity index (χ2v) is 5.15. The van der Waals surface area contributed by atoms with Crippen molar-refractivity contribution in [2.24, 2.45) is 0 Å². The summed E-state index contributed by atoms with van der Waals surface area (Å²) in [6.45, 7) is 2.22. The van der Waals surface area contributed by atoms with Crippen molar-refractivity contribution in [2.45, 2.75) is 16.7 Å². The van der Waals surface area contributed by atoms with Crippen LogP contribution in [-0.2, 0) is 0 Å². The van der Waals surface area contributed by atoms with E-state index in [2.05, 4.69) is 0 Å². The number of benzene rings is 2. The summed E-state index contributed by atoms with van der Waals surface area (Å²) < 4.78 is 24.0. The third kappa shape index (κ3) is 3.36. The number of anilines is 1. The minimum Gasteiger partial charge on any atom is -0.497 e. The van der Waals surface area contributed by atoms with Gasteiger partial charge in [0.15, 0.2) is 11.6 Å². The Balaban J connectivity index is 2.25. The van der Waals surface area contributed by atoms with Gasteiger partial charge >= 0.3 is 0 Å². The van der Waals surface area contributed by atoms with Crippen molar-refractivity contribution in [3.8, 4) is 11.5 Å². The van der Waals surface area contributed by atoms with Gasteiger partial charge < -0.3 is 15.2 Å². The molecule has 0 bridgehead atoms. The van der Waals surface area contributed by atoms with Crippen LogP contribution in [-0.4, -0.2) is 13.7 Å². The summed E-state index contributed by atoms with van der Waals surface area (Å²) >= 11 is 1.45. The second-order valence-electron chi connectivity index (χ2n) is 4.03. The molecule has 2 aromatic carbocycles. The summed E-state index contributed by atoms with van der Waals surface area (Å²) in [4.78, 5) is 1.76. The zero-order chi connectivity index (χ0) is 14.5. The maximum Gasteiger partial charge on any atom is 0.167 e. The lowest BCUT2D eigenvalue weighted by Gasteiger charge is -2.10. The van der Waals surface area contributed by atoms with Crippen molar-refractivity contribution in [1.29, 1.82) is 0 Å². The highest BCUT2D eigenvalue weighted by Gasteiger charge is 2.10. The molecular formula is C15H16FNO2S. The van der Waals surface area contributed by atoms with Gasteiger partial charge in [0.2, 0.25) is 0 Å². The molecule has 3 nitrogen and oxygen atoms in total. The number of ether oxygens (including phenoxy) is 2. The number of methoxy groups -OCH3 is 1. The molecule has 0 saturated carbocycles. The first kappa shape index (κ1) is 14.5. The van der Waals surface area contributed by atoms with Gasteiger partial charge in [-0.15, -0.1) is 0 Å². The third-order valence-corrected chi connectivity index (χ3v) is 3.73. The smallest absolute Gasteiger partial charge is 0.167 e. The lowest BCUT2D eigenvalue weighted by atomic mass is 10.3. The molecule has 0 unspecified atom stereocenters. The maximum absolute atomic E-state index is 13.6. The number of hydrogen-bond acceptors (Lipinski definition) is 4. The molecule has 0 spiro atoms. The van der Waals surface area contributed by atoms with E-state index in [9.17, 15) is 4.39 Å². The van der Waals surface area contributed by atoms with Gasteiger partial charge in [0.25, 0.3) is 0 Å². The summed E-state index contributed by atoms with van der Waals surface area (Å²) in [6.07, 6.45) is 0. The van der Waals surface area contributed by atoms with Gasteiger partial charge in [-0.1, -0.05) is 11.8 Å². The number of rotatable bonds is 5. The first-order valence-electron chi connectivity index (χ1n) is 6.17. The summed E-state index contributed by atoms with van der Waals surface area (Å²) in [6, 6.07) is 10.5. The van der Waals surface area contributed by atoms with Crippen molar-refractivity contribution < 1.29 is 13.9 Å². The Labute approximate surface area is 121 Å². The van der Waals surface area contributed by atoms with Crippen LogP contribution in [0.15, 0.2) is 46.2 Å². The van der Waals surface area contributed by atoms with Crippen LogP contribution in [0.5, 0.6) is 11.5 Å². The van der Waals surface area contributed by atoms with Crippen LogP contribution in [0.25, 0.3) is 0 Å². The highest BCUT2D eigenvalue weighted by molar-refractivity contribution is 7.99. The molecule has 0 saturated heterocycles. The largest absolute Gasteiger partial charge is 0.497 e. The van der Waals surface area contributed by atoms with Gasteiger partial charge in [-0.2, -0.15) is 0 Å². The Kier molecular flexibility index (Phi) is 4.74. The van der Waals surface area contributed by atoms with E-state index in [4.69, 9.17) is 15.2 Å². The quantitative estimate of drug-likeness (QED) is 0.847. The first-order valence-corrected chi connectivity index (χ1v) is 6.99. The minimum absolute atomic E-state index is 0.220. The van der Waals surface area contributed by atoms with E-state index in [-0.39, 0.29) is 5.75 Å². The number of halogens is 1. The lowest BCUT2D eigenvalue weighted by Crippen LogP contribution is -1.97. The Hall–Kier alpha value is -1.88. The molecule has 0 atom stereocenters. The van der Waals surface area contributed by atoms with Crippen LogP contribution in [0.4, 0.5) is 10.1 Å². The average molecular weight is 293 g/mol. The molecule has 0 amide bonds. The minimum atomic E-state index is -0.441. The molecule has 0 aliphatic heterocycles. The van der Waals surface area contributed by atoms with Crippen LogP contribution in [0.3, 0.4) is 0 Å². The molecule has 0 heterocycles. The predicted molar refractivity (Wildman–Crippen MR) is 79.1 cm³/mol. The van der Waals surface area contributed by atoms with Crippen LogP contribution >= 0.6 is 11.8 Å². The molecule has 2 aromatic rings. The van der Waals surface area contributed by atoms with Crippen molar-refractivity contribution in [3.05, 3.63) is 42.2 Å². The summed E-state index contributed by atoms with van der Waals surface area (Å²) in [5, 5.41) is 0. The summed E-state index contributed by atoms with van der Waals surface area (Å²) in [5.41, 5.74) is 6.24. The highest BCUT2D eigenvalue weighted by Crippen LogP contribution is 2.36. The standard InChI is InChI=1S/C15H16FNO2S/c1-3-19-14-9-15(13(17)8-12(14)16)20-11-6-4-10(18-2)5-7-11/h4-9H,3,17H2,1-2H3. The third-order valence-electron chi connectivity index (χ3n) is 2.65. The van der Waals surface area contributed by atoms with Gasteiger partial charge in [-0.25, -0.2) is 4.39 Å². The van der Waals surface area contributed by atoms with Crippen molar-refractivity contribution in [2.75, 3.05) is 19.5 Å². The summed E-state index contributed by atoms with van der Waals surface area (Å²) in [5.74, 6) is 0.567. The Morgan fingerprint density at radius 2 is 1.90 bits per heavy atom. The molecular weight excluding hydrogens is 277 g/mol. The average Bonchev–Trinajstić information content (AvgIpc) is 2.45. The van der Waals surface area contributed by atoms with E-state index in [0.29, 0.717) is 12.3 Å². The van der Waals surface area contributed by atoms with Gasteiger partial charge in [0.05, 0.1) is 13.7 Å². The highest BCUT2D eigenvalue weighted by atomic mass is 32.2. The molecule has 106 valence electrons. The van der Waals surface area contributed by atoms with E-state index in [1.54, 1.807) is 13.2 Å². The number of nitrogen functional groups attached to an aromatic ring is 1. The molecule has 5 heteroatoms. The topological polar surface area (TPSA) is 44.5 Å². The molecule has 0 radical (unpaired) electrons. The van der Waals surface area contributed by atoms with Gasteiger partial charge in [-0.05, 0) is 37.3 Å². The predicted octanol–water partition coefficient (Wildman–Crippen LogP) is 3.97. The molecule has 0 aliphatic rings. The van der Waals surface area contributed by atoms with E-state index < -0.39 is 5.82 Å². The van der Waals surface area contributed by atoms with Crippen LogP contribution in [0.1, 0.15) is 6.92 Å². The zero-order valence-electron chi connectivity index (χ0n) is 11.4. The maximum atomic E-state index is 13.6. The molecule has 20 heavy (non-hydrogen) atoms. The Morgan fingerprint density at radius 3 is 2.50 bits per heavy atom. The molecule has 0 fully saturated rings. The Morgan fingerprint density at radius 1 is 1.20 bits per heavy atom. The van der Waals surface area contributed by atoms with Gasteiger partial charge in [0.1, 0.15) is 5.75 Å². The SMILES string of the molecule is CCOc1cc(Sc2ccc(OC)cc2)c(N)cc1F. The lowest BCUT2D eigenvalue weighted by molar-refractivity contribution is 0.321. The molecule has 0 aromatic heterocycles.